The molecule has 6 atom stereocenters. The van der Waals surface area contributed by atoms with Gasteiger partial charge < -0.3 is 25.6 Å². The van der Waals surface area contributed by atoms with Crippen molar-refractivity contribution in [3.8, 4) is 17.6 Å². The number of phenols is 1. The molecule has 2 amide bonds. The monoisotopic (exact) mass is 814 g/mol. The molecule has 0 bridgehead atoms. The Morgan fingerprint density at radius 2 is 1.50 bits per heavy atom. The van der Waals surface area contributed by atoms with Crippen molar-refractivity contribution in [3.63, 3.8) is 0 Å². The molecule has 300 valence electrons. The van der Waals surface area contributed by atoms with E-state index in [1.165, 1.54) is 11.3 Å². The lowest BCUT2D eigenvalue weighted by Crippen LogP contribution is -2.53. The standard InChI is InChI=1S/C49H42N4O6S/c54-34-22-20-33(21-23-34)43-49(35-29-30(19-24-36(35)50-46(49)57)25-28-48(58)26-11-1-2-12-27-48)39(44(55)52-47-51-37-17-9-10-18-38(37)60-47)41-45(56)59-42(32-15-7-4-8-16-32)40(53(41)43)31-13-5-3-6-14-31/h3-10,13-24,29,39-43,54,58H,1-2,11-12,26-27H2,(H,50,57)(H,51,52,55). The molecule has 0 radical (unpaired) electrons. The van der Waals surface area contributed by atoms with Crippen molar-refractivity contribution < 1.29 is 29.3 Å². The molecule has 1 aromatic heterocycles. The number of morpholine rings is 1. The molecule has 3 aliphatic heterocycles. The SMILES string of the molecule is O=C1OC(c2ccccc2)C(c2ccccc2)N2C1C(C(=O)Nc1nc3ccccc3s1)C1(C(=O)Nc3ccc(C#CC4(O)CCCCCC4)cc31)C2c1ccc(O)cc1. The Hall–Kier alpha value is -6.32. The molecule has 6 aromatic rings. The van der Waals surface area contributed by atoms with Gasteiger partial charge in [0.05, 0.1) is 28.2 Å². The number of aromatic hydroxyl groups is 1. The summed E-state index contributed by atoms with van der Waals surface area (Å²) in [5, 5.41) is 28.6. The summed E-state index contributed by atoms with van der Waals surface area (Å²) < 4.78 is 7.38. The first-order valence-corrected chi connectivity index (χ1v) is 21.3. The Kier molecular flexibility index (Phi) is 9.51. The molecule has 11 heteroatoms. The van der Waals surface area contributed by atoms with Crippen LogP contribution in [0.5, 0.6) is 5.75 Å². The van der Waals surface area contributed by atoms with Gasteiger partial charge in [-0.25, -0.2) is 4.98 Å². The number of esters is 1. The van der Waals surface area contributed by atoms with Crippen molar-refractivity contribution in [2.24, 2.45) is 5.92 Å². The van der Waals surface area contributed by atoms with Gasteiger partial charge in [0.15, 0.2) is 5.13 Å². The summed E-state index contributed by atoms with van der Waals surface area (Å²) in [5.74, 6) is 3.42. The lowest BCUT2D eigenvalue weighted by molar-refractivity contribution is -0.177. The van der Waals surface area contributed by atoms with Crippen LogP contribution in [0.25, 0.3) is 10.2 Å². The number of carbonyl (C=O) groups excluding carboxylic acids is 3. The second-order valence-electron chi connectivity index (χ2n) is 16.2. The molecule has 4 aliphatic rings. The maximum atomic E-state index is 15.5. The van der Waals surface area contributed by atoms with Gasteiger partial charge >= 0.3 is 5.97 Å². The zero-order valence-electron chi connectivity index (χ0n) is 32.6. The van der Waals surface area contributed by atoms with E-state index >= 15 is 14.4 Å². The molecule has 10 rings (SSSR count). The van der Waals surface area contributed by atoms with Crippen molar-refractivity contribution >= 4 is 50.2 Å². The van der Waals surface area contributed by atoms with Crippen LogP contribution in [-0.4, -0.2) is 49.5 Å². The second kappa shape index (κ2) is 15.1. The lowest BCUT2D eigenvalue weighted by atomic mass is 9.65. The first kappa shape index (κ1) is 37.9. The summed E-state index contributed by atoms with van der Waals surface area (Å²) >= 11 is 1.31. The summed E-state index contributed by atoms with van der Waals surface area (Å²) in [6.07, 6.45) is 4.21. The molecule has 4 N–H and O–H groups in total. The van der Waals surface area contributed by atoms with Crippen LogP contribution < -0.4 is 10.6 Å². The highest BCUT2D eigenvalue weighted by atomic mass is 32.1. The molecule has 10 nitrogen and oxygen atoms in total. The molecule has 5 aromatic carbocycles. The third-order valence-corrected chi connectivity index (χ3v) is 13.6. The Morgan fingerprint density at radius 3 is 2.22 bits per heavy atom. The highest BCUT2D eigenvalue weighted by molar-refractivity contribution is 7.22. The quantitative estimate of drug-likeness (QED) is 0.0774. The van der Waals surface area contributed by atoms with Crippen LogP contribution in [0.15, 0.2) is 127 Å². The number of carbonyl (C=O) groups is 3. The number of anilines is 2. The van der Waals surface area contributed by atoms with Crippen molar-refractivity contribution in [1.29, 1.82) is 0 Å². The van der Waals surface area contributed by atoms with Crippen LogP contribution in [0.2, 0.25) is 0 Å². The number of hydrogen-bond donors (Lipinski definition) is 4. The van der Waals surface area contributed by atoms with E-state index in [9.17, 15) is 10.2 Å². The van der Waals surface area contributed by atoms with Crippen LogP contribution in [0.1, 0.15) is 84.5 Å². The summed E-state index contributed by atoms with van der Waals surface area (Å²) in [6.45, 7) is 0. The first-order valence-electron chi connectivity index (χ1n) is 20.5. The Labute approximate surface area is 351 Å². The minimum absolute atomic E-state index is 0.0255. The van der Waals surface area contributed by atoms with Gasteiger partial charge in [0.25, 0.3) is 0 Å². The van der Waals surface area contributed by atoms with Crippen molar-refractivity contribution in [2.45, 2.75) is 73.8 Å². The van der Waals surface area contributed by atoms with Crippen molar-refractivity contribution in [3.05, 3.63) is 155 Å². The van der Waals surface area contributed by atoms with Crippen LogP contribution in [0.4, 0.5) is 10.8 Å². The number of amides is 2. The smallest absolute Gasteiger partial charge is 0.324 e. The van der Waals surface area contributed by atoms with Crippen molar-refractivity contribution in [2.75, 3.05) is 10.6 Å². The molecular weight excluding hydrogens is 773 g/mol. The van der Waals surface area contributed by atoms with E-state index in [4.69, 9.17) is 9.72 Å². The van der Waals surface area contributed by atoms with Crippen LogP contribution in [0, 0.1) is 17.8 Å². The summed E-state index contributed by atoms with van der Waals surface area (Å²) in [6, 6.07) is 36.0. The number of benzene rings is 5. The highest BCUT2D eigenvalue weighted by Gasteiger charge is 2.74. The normalized spacial score (nSPS) is 25.6. The Balaban J connectivity index is 1.22. The molecule has 60 heavy (non-hydrogen) atoms. The predicted octanol–water partition coefficient (Wildman–Crippen LogP) is 8.35. The molecule has 6 unspecified atom stereocenters. The third-order valence-electron chi connectivity index (χ3n) is 12.7. The number of cyclic esters (lactones) is 1. The van der Waals surface area contributed by atoms with E-state index in [1.54, 1.807) is 30.3 Å². The number of aliphatic hydroxyl groups is 1. The maximum Gasteiger partial charge on any atom is 0.324 e. The van der Waals surface area contributed by atoms with Gasteiger partial charge in [-0.15, -0.1) is 0 Å². The minimum Gasteiger partial charge on any atom is -0.508 e. The van der Waals surface area contributed by atoms with Gasteiger partial charge in [-0.05, 0) is 90.4 Å². The van der Waals surface area contributed by atoms with Gasteiger partial charge in [-0.3, -0.25) is 19.3 Å². The van der Waals surface area contributed by atoms with Gasteiger partial charge in [0.1, 0.15) is 28.9 Å². The number of para-hydroxylation sites is 1. The fourth-order valence-electron chi connectivity index (χ4n) is 10.1. The Morgan fingerprint density at radius 1 is 0.817 bits per heavy atom. The summed E-state index contributed by atoms with van der Waals surface area (Å²) in [4.78, 5) is 52.7. The fraction of sp³-hybridized carbons (Fsp3) is 0.265. The van der Waals surface area contributed by atoms with E-state index in [2.05, 4.69) is 22.5 Å². The average molecular weight is 815 g/mol. The zero-order chi connectivity index (χ0) is 41.0. The van der Waals surface area contributed by atoms with E-state index < -0.39 is 58.9 Å². The molecule has 1 aliphatic carbocycles. The highest BCUT2D eigenvalue weighted by Crippen LogP contribution is 2.65. The molecule has 1 saturated carbocycles. The fourth-order valence-corrected chi connectivity index (χ4v) is 10.9. The number of hydrogen-bond acceptors (Lipinski definition) is 9. The maximum absolute atomic E-state index is 15.5. The Bertz CT molecular complexity index is 2650. The number of fused-ring (bicyclic) bond motifs is 4. The van der Waals surface area contributed by atoms with E-state index in [0.29, 0.717) is 45.9 Å². The minimum atomic E-state index is -1.74. The van der Waals surface area contributed by atoms with Crippen LogP contribution >= 0.6 is 11.3 Å². The van der Waals surface area contributed by atoms with Gasteiger partial charge in [0, 0.05) is 11.3 Å². The van der Waals surface area contributed by atoms with Gasteiger partial charge in [-0.2, -0.15) is 0 Å². The lowest BCUT2D eigenvalue weighted by Gasteiger charge is -2.46. The number of ether oxygens (including phenoxy) is 1. The largest absolute Gasteiger partial charge is 0.508 e. The number of nitrogens with zero attached hydrogens (tertiary/aromatic N) is 2. The first-order chi connectivity index (χ1) is 29.2. The molecule has 1 spiro atoms. The van der Waals surface area contributed by atoms with Crippen molar-refractivity contribution in [1.82, 2.24) is 9.88 Å². The average Bonchev–Trinajstić information content (AvgIpc) is 3.85. The van der Waals surface area contributed by atoms with E-state index in [1.807, 2.05) is 102 Å². The summed E-state index contributed by atoms with van der Waals surface area (Å²) in [5.41, 5.74) is 1.57. The zero-order valence-corrected chi connectivity index (χ0v) is 33.4. The second-order valence-corrected chi connectivity index (χ2v) is 17.3. The topological polar surface area (TPSA) is 141 Å². The predicted molar refractivity (Wildman–Crippen MR) is 229 cm³/mol. The third kappa shape index (κ3) is 6.34. The number of nitrogens with one attached hydrogen (secondary N) is 2. The van der Waals surface area contributed by atoms with Gasteiger partial charge in [-0.1, -0.05) is 121 Å². The molecular formula is C49H42N4O6S. The molecule has 4 heterocycles. The number of aromatic nitrogens is 1. The molecule has 3 fully saturated rings. The summed E-state index contributed by atoms with van der Waals surface area (Å²) in [7, 11) is 0. The van der Waals surface area contributed by atoms with E-state index in [0.717, 1.165) is 41.5 Å². The van der Waals surface area contributed by atoms with E-state index in [-0.39, 0.29) is 5.75 Å². The van der Waals surface area contributed by atoms with Gasteiger partial charge in [0.2, 0.25) is 11.8 Å². The van der Waals surface area contributed by atoms with Crippen LogP contribution in [-0.2, 0) is 24.5 Å². The number of rotatable bonds is 5. The molecule has 2 saturated heterocycles. The van der Waals surface area contributed by atoms with Crippen LogP contribution in [0.3, 0.4) is 0 Å². The number of phenolic OH excluding ortho intramolecular Hbond substituents is 1. The number of thiazole rings is 1.